The largest absolute Gasteiger partial charge is 0.490 e. The highest BCUT2D eigenvalue weighted by Crippen LogP contribution is 2.39. The van der Waals surface area contributed by atoms with Crippen molar-refractivity contribution in [2.24, 2.45) is 0 Å². The molecule has 0 unspecified atom stereocenters. The molecule has 0 aliphatic heterocycles. The second-order valence-corrected chi connectivity index (χ2v) is 10.0. The molecule has 0 aromatic heterocycles. The summed E-state index contributed by atoms with van der Waals surface area (Å²) in [6.45, 7) is 1.93. The Morgan fingerprint density at radius 2 is 1.86 bits per heavy atom. The van der Waals surface area contributed by atoms with Crippen LogP contribution >= 0.6 is 39.1 Å². The Kier molecular flexibility index (Phi) is 8.81. The zero-order chi connectivity index (χ0) is 25.6. The highest BCUT2D eigenvalue weighted by atomic mass is 79.9. The molecule has 1 N–H and O–H groups in total. The fourth-order valence-corrected chi connectivity index (χ4v) is 4.84. The van der Waals surface area contributed by atoms with Crippen molar-refractivity contribution in [2.45, 2.75) is 11.8 Å². The van der Waals surface area contributed by atoms with E-state index in [1.807, 2.05) is 6.07 Å². The summed E-state index contributed by atoms with van der Waals surface area (Å²) in [6, 6.07) is 17.2. The lowest BCUT2D eigenvalue weighted by atomic mass is 10.1. The molecule has 3 aromatic rings. The molecule has 7 nitrogen and oxygen atoms in total. The van der Waals surface area contributed by atoms with Crippen LogP contribution in [0.25, 0.3) is 6.08 Å². The monoisotopic (exact) mass is 594 g/mol. The van der Waals surface area contributed by atoms with Gasteiger partial charge in [0.1, 0.15) is 16.5 Å². The summed E-state index contributed by atoms with van der Waals surface area (Å²) in [7, 11) is -4.14. The third-order valence-corrected chi connectivity index (χ3v) is 7.08. The van der Waals surface area contributed by atoms with Crippen LogP contribution in [0.3, 0.4) is 0 Å². The number of rotatable bonds is 8. The molecule has 0 atom stereocenters. The number of carbonyl (C=O) groups excluding carboxylic acids is 1. The van der Waals surface area contributed by atoms with Crippen molar-refractivity contribution < 1.29 is 22.1 Å². The lowest BCUT2D eigenvalue weighted by Crippen LogP contribution is -2.14. The molecule has 0 aliphatic rings. The van der Waals surface area contributed by atoms with Crippen LogP contribution in [0.1, 0.15) is 12.5 Å². The van der Waals surface area contributed by atoms with Crippen LogP contribution < -0.4 is 14.2 Å². The summed E-state index contributed by atoms with van der Waals surface area (Å²) in [5.74, 6) is -0.678. The Morgan fingerprint density at radius 3 is 2.51 bits per heavy atom. The van der Waals surface area contributed by atoms with Crippen LogP contribution in [0.5, 0.6) is 11.5 Å². The van der Waals surface area contributed by atoms with Gasteiger partial charge in [0, 0.05) is 0 Å². The maximum Gasteiger partial charge on any atom is 0.339 e. The minimum absolute atomic E-state index is 0.0264. The maximum absolute atomic E-state index is 12.7. The topological polar surface area (TPSA) is 105 Å². The summed E-state index contributed by atoms with van der Waals surface area (Å²) in [6.07, 6.45) is 1.32. The number of halogens is 3. The molecule has 0 bridgehead atoms. The Balaban J connectivity index is 1.95. The molecule has 180 valence electrons. The number of hydrogen-bond acceptors (Lipinski definition) is 6. The van der Waals surface area contributed by atoms with E-state index >= 15 is 0 Å². The predicted molar refractivity (Wildman–Crippen MR) is 138 cm³/mol. The van der Waals surface area contributed by atoms with Gasteiger partial charge >= 0.3 is 10.1 Å². The first-order valence-electron chi connectivity index (χ1n) is 9.99. The smallest absolute Gasteiger partial charge is 0.339 e. The SMILES string of the molecule is CCOc1cc(/C=C(\C#N)C(=O)Nc2cccc(Cl)c2Cl)cc(Br)c1OS(=O)(=O)c1ccccc1. The number of hydrogen-bond donors (Lipinski definition) is 1. The Bertz CT molecular complexity index is 1440. The van der Waals surface area contributed by atoms with Crippen LogP contribution in [-0.2, 0) is 14.9 Å². The number of nitrogens with zero attached hydrogens (tertiary/aromatic N) is 1. The van der Waals surface area contributed by atoms with Gasteiger partial charge in [-0.3, -0.25) is 4.79 Å². The second kappa shape index (κ2) is 11.6. The molecule has 0 aliphatic carbocycles. The summed E-state index contributed by atoms with van der Waals surface area (Å²) in [5.41, 5.74) is 0.394. The van der Waals surface area contributed by atoms with Gasteiger partial charge < -0.3 is 14.2 Å². The van der Waals surface area contributed by atoms with Crippen LogP contribution in [-0.4, -0.2) is 20.9 Å². The standard InChI is InChI=1S/C24H17BrCl2N2O5S/c1-2-33-21-13-15(11-16(14-28)24(30)29-20-10-6-9-19(26)22(20)27)12-18(25)23(21)34-35(31,32)17-7-4-3-5-8-17/h3-13H,2H2,1H3,(H,29,30)/b16-11+. The first-order chi connectivity index (χ1) is 16.7. The quantitative estimate of drug-likeness (QED) is 0.182. The van der Waals surface area contributed by atoms with Crippen molar-refractivity contribution in [2.75, 3.05) is 11.9 Å². The van der Waals surface area contributed by atoms with E-state index in [1.165, 1.54) is 30.3 Å². The van der Waals surface area contributed by atoms with Gasteiger partial charge in [-0.05, 0) is 70.9 Å². The molecule has 0 saturated carbocycles. The van der Waals surface area contributed by atoms with Gasteiger partial charge in [0.2, 0.25) is 0 Å². The minimum Gasteiger partial charge on any atom is -0.490 e. The number of ether oxygens (including phenoxy) is 1. The van der Waals surface area contributed by atoms with Crippen molar-refractivity contribution in [1.29, 1.82) is 5.26 Å². The zero-order valence-electron chi connectivity index (χ0n) is 18.1. The number of amides is 1. The fourth-order valence-electron chi connectivity index (χ4n) is 2.87. The molecular formula is C24H17BrCl2N2O5S. The Morgan fingerprint density at radius 1 is 1.14 bits per heavy atom. The van der Waals surface area contributed by atoms with Gasteiger partial charge in [-0.25, -0.2) is 0 Å². The van der Waals surface area contributed by atoms with E-state index in [-0.39, 0.29) is 48.8 Å². The molecule has 0 fully saturated rings. The van der Waals surface area contributed by atoms with E-state index in [0.29, 0.717) is 5.56 Å². The van der Waals surface area contributed by atoms with Crippen LogP contribution in [0.15, 0.2) is 75.6 Å². The average molecular weight is 596 g/mol. The average Bonchev–Trinajstić information content (AvgIpc) is 2.83. The van der Waals surface area contributed by atoms with Crippen molar-refractivity contribution in [3.63, 3.8) is 0 Å². The van der Waals surface area contributed by atoms with Crippen molar-refractivity contribution in [3.8, 4) is 17.6 Å². The molecule has 3 aromatic carbocycles. The number of nitriles is 1. The van der Waals surface area contributed by atoms with Crippen molar-refractivity contribution in [1.82, 2.24) is 0 Å². The zero-order valence-corrected chi connectivity index (χ0v) is 22.0. The number of benzene rings is 3. The first kappa shape index (κ1) is 26.6. The lowest BCUT2D eigenvalue weighted by Gasteiger charge is -2.14. The molecule has 0 radical (unpaired) electrons. The number of nitrogens with one attached hydrogen (secondary N) is 1. The maximum atomic E-state index is 12.7. The summed E-state index contributed by atoms with van der Waals surface area (Å²) >= 11 is 15.4. The third kappa shape index (κ3) is 6.55. The normalized spacial score (nSPS) is 11.5. The Labute approximate surface area is 221 Å². The fraction of sp³-hybridized carbons (Fsp3) is 0.0833. The Hall–Kier alpha value is -3.03. The van der Waals surface area contributed by atoms with Crippen LogP contribution in [0.4, 0.5) is 5.69 Å². The van der Waals surface area contributed by atoms with E-state index in [9.17, 15) is 18.5 Å². The van der Waals surface area contributed by atoms with E-state index < -0.39 is 16.0 Å². The van der Waals surface area contributed by atoms with Crippen LogP contribution in [0.2, 0.25) is 10.0 Å². The summed E-state index contributed by atoms with van der Waals surface area (Å²) in [4.78, 5) is 12.6. The minimum atomic E-state index is -4.14. The molecule has 35 heavy (non-hydrogen) atoms. The number of anilines is 1. The third-order valence-electron chi connectivity index (χ3n) is 4.43. The van der Waals surface area contributed by atoms with Gasteiger partial charge in [-0.2, -0.15) is 13.7 Å². The van der Waals surface area contributed by atoms with Gasteiger partial charge in [0.15, 0.2) is 11.5 Å². The van der Waals surface area contributed by atoms with Crippen molar-refractivity contribution >= 4 is 66.9 Å². The first-order valence-corrected chi connectivity index (χ1v) is 12.9. The van der Waals surface area contributed by atoms with E-state index in [1.54, 1.807) is 43.3 Å². The van der Waals surface area contributed by atoms with E-state index in [2.05, 4.69) is 21.2 Å². The highest BCUT2D eigenvalue weighted by Gasteiger charge is 2.22. The molecule has 11 heteroatoms. The summed E-state index contributed by atoms with van der Waals surface area (Å²) in [5, 5.41) is 12.5. The van der Waals surface area contributed by atoms with Gasteiger partial charge in [0.05, 0.1) is 26.8 Å². The molecule has 0 heterocycles. The second-order valence-electron chi connectivity index (χ2n) is 6.84. The summed E-state index contributed by atoms with van der Waals surface area (Å²) < 4.78 is 36.6. The van der Waals surface area contributed by atoms with Gasteiger partial charge in [-0.1, -0.05) is 47.5 Å². The van der Waals surface area contributed by atoms with Crippen LogP contribution in [0, 0.1) is 11.3 Å². The van der Waals surface area contributed by atoms with Gasteiger partial charge in [0.25, 0.3) is 5.91 Å². The van der Waals surface area contributed by atoms with E-state index in [4.69, 9.17) is 32.1 Å². The van der Waals surface area contributed by atoms with Gasteiger partial charge in [-0.15, -0.1) is 0 Å². The molecule has 3 rings (SSSR count). The predicted octanol–water partition coefficient (Wildman–Crippen LogP) is 6.47. The highest BCUT2D eigenvalue weighted by molar-refractivity contribution is 9.10. The number of carbonyl (C=O) groups is 1. The van der Waals surface area contributed by atoms with Crippen molar-refractivity contribution in [3.05, 3.63) is 86.3 Å². The molecule has 0 saturated heterocycles. The molecular weight excluding hydrogens is 579 g/mol. The van der Waals surface area contributed by atoms with E-state index in [0.717, 1.165) is 0 Å². The lowest BCUT2D eigenvalue weighted by molar-refractivity contribution is -0.112. The molecule has 0 spiro atoms. The molecule has 1 amide bonds.